The molecule has 0 spiro atoms. The van der Waals surface area contributed by atoms with Crippen LogP contribution < -0.4 is 4.72 Å². The van der Waals surface area contributed by atoms with Gasteiger partial charge in [-0.25, -0.2) is 13.1 Å². The molecule has 2 aromatic rings. The molecule has 0 saturated carbocycles. The number of hydrogen-bond acceptors (Lipinski definition) is 3. The first-order valence-electron chi connectivity index (χ1n) is 8.34. The fourth-order valence-corrected chi connectivity index (χ4v) is 4.04. The van der Waals surface area contributed by atoms with Crippen molar-refractivity contribution in [3.63, 3.8) is 0 Å². The molecule has 1 aliphatic heterocycles. The zero-order valence-corrected chi connectivity index (χ0v) is 15.3. The summed E-state index contributed by atoms with van der Waals surface area (Å²) >= 11 is 0. The minimum Gasteiger partial charge on any atom is -0.339 e. The summed E-state index contributed by atoms with van der Waals surface area (Å²) in [6, 6.07) is 9.54. The van der Waals surface area contributed by atoms with Crippen molar-refractivity contribution in [2.45, 2.75) is 25.8 Å². The first-order valence-corrected chi connectivity index (χ1v) is 10.2. The van der Waals surface area contributed by atoms with Crippen molar-refractivity contribution in [3.8, 4) is 5.69 Å². The van der Waals surface area contributed by atoms with Crippen molar-refractivity contribution >= 4 is 15.9 Å². The number of likely N-dealkylation sites (tertiary alicyclic amines) is 1. The summed E-state index contributed by atoms with van der Waals surface area (Å²) in [5, 5.41) is 0. The number of aromatic nitrogens is 1. The molecular formula is C18H23N3O3S. The number of aryl methyl sites for hydroxylation is 1. The Kier molecular flexibility index (Phi) is 4.96. The summed E-state index contributed by atoms with van der Waals surface area (Å²) in [5.74, 6) is -0.00814. The van der Waals surface area contributed by atoms with E-state index < -0.39 is 10.0 Å². The van der Waals surface area contributed by atoms with Gasteiger partial charge >= 0.3 is 0 Å². The van der Waals surface area contributed by atoms with Crippen LogP contribution in [0.3, 0.4) is 0 Å². The maximum atomic E-state index is 12.8. The van der Waals surface area contributed by atoms with Crippen molar-refractivity contribution in [1.29, 1.82) is 0 Å². The molecule has 7 heteroatoms. The molecule has 134 valence electrons. The molecule has 0 aliphatic carbocycles. The minimum absolute atomic E-state index is 0.00814. The molecule has 2 heterocycles. The number of nitrogens with zero attached hydrogens (tertiary/aromatic N) is 2. The van der Waals surface area contributed by atoms with Crippen LogP contribution in [-0.4, -0.2) is 49.2 Å². The van der Waals surface area contributed by atoms with Gasteiger partial charge in [0.05, 0.1) is 6.26 Å². The highest BCUT2D eigenvalue weighted by atomic mass is 32.2. The molecule has 1 aromatic heterocycles. The lowest BCUT2D eigenvalue weighted by atomic mass is 10.0. The lowest BCUT2D eigenvalue weighted by Gasteiger charge is -2.32. The van der Waals surface area contributed by atoms with Gasteiger partial charge in [-0.1, -0.05) is 6.07 Å². The molecule has 1 aliphatic rings. The van der Waals surface area contributed by atoms with Crippen molar-refractivity contribution in [2.75, 3.05) is 19.3 Å². The number of piperidine rings is 1. The van der Waals surface area contributed by atoms with E-state index in [0.29, 0.717) is 31.5 Å². The van der Waals surface area contributed by atoms with E-state index in [4.69, 9.17) is 0 Å². The summed E-state index contributed by atoms with van der Waals surface area (Å²) in [4.78, 5) is 14.6. The second kappa shape index (κ2) is 7.01. The first-order chi connectivity index (χ1) is 11.8. The standard InChI is InChI=1S/C18H23N3O3S/c1-14-5-6-15(13-17(14)20-9-3-4-10-20)18(22)21-11-7-16(8-12-21)19-25(2,23)24/h3-6,9-10,13,16,19H,7-8,11-12H2,1-2H3. The number of carbonyl (C=O) groups excluding carboxylic acids is 1. The highest BCUT2D eigenvalue weighted by molar-refractivity contribution is 7.88. The van der Waals surface area contributed by atoms with Crippen LogP contribution in [0.5, 0.6) is 0 Å². The summed E-state index contributed by atoms with van der Waals surface area (Å²) in [6.45, 7) is 3.13. The van der Waals surface area contributed by atoms with E-state index in [2.05, 4.69) is 4.72 Å². The third-order valence-corrected chi connectivity index (χ3v) is 5.26. The van der Waals surface area contributed by atoms with Gasteiger partial charge in [0.25, 0.3) is 5.91 Å². The fraction of sp³-hybridized carbons (Fsp3) is 0.389. The van der Waals surface area contributed by atoms with Gasteiger partial charge < -0.3 is 9.47 Å². The van der Waals surface area contributed by atoms with Crippen LogP contribution in [0.1, 0.15) is 28.8 Å². The molecule has 1 saturated heterocycles. The molecule has 1 amide bonds. The molecular weight excluding hydrogens is 338 g/mol. The van der Waals surface area contributed by atoms with Gasteiger partial charge in [0.1, 0.15) is 0 Å². The molecule has 0 bridgehead atoms. The van der Waals surface area contributed by atoms with Crippen LogP contribution in [0.25, 0.3) is 5.69 Å². The van der Waals surface area contributed by atoms with Gasteiger partial charge in [0, 0.05) is 42.8 Å². The van der Waals surface area contributed by atoms with Crippen molar-refractivity contribution < 1.29 is 13.2 Å². The minimum atomic E-state index is -3.21. The molecule has 1 N–H and O–H groups in total. The van der Waals surface area contributed by atoms with Crippen molar-refractivity contribution in [1.82, 2.24) is 14.2 Å². The summed E-state index contributed by atoms with van der Waals surface area (Å²) < 4.78 is 27.3. The van der Waals surface area contributed by atoms with E-state index in [1.165, 1.54) is 6.26 Å². The Morgan fingerprint density at radius 3 is 2.40 bits per heavy atom. The van der Waals surface area contributed by atoms with Crippen molar-refractivity contribution in [3.05, 3.63) is 53.9 Å². The monoisotopic (exact) mass is 361 g/mol. The van der Waals surface area contributed by atoms with E-state index in [9.17, 15) is 13.2 Å². The fourth-order valence-electron chi connectivity index (χ4n) is 3.20. The zero-order chi connectivity index (χ0) is 18.0. The van der Waals surface area contributed by atoms with Crippen LogP contribution in [0.2, 0.25) is 0 Å². The quantitative estimate of drug-likeness (QED) is 0.905. The molecule has 0 atom stereocenters. The number of hydrogen-bond donors (Lipinski definition) is 1. The Hall–Kier alpha value is -2.12. The number of benzene rings is 1. The van der Waals surface area contributed by atoms with Gasteiger partial charge in [0.15, 0.2) is 0 Å². The predicted molar refractivity (Wildman–Crippen MR) is 97.4 cm³/mol. The van der Waals surface area contributed by atoms with Crippen LogP contribution in [0.4, 0.5) is 0 Å². The third-order valence-electron chi connectivity index (χ3n) is 4.50. The number of carbonyl (C=O) groups is 1. The largest absolute Gasteiger partial charge is 0.339 e. The zero-order valence-electron chi connectivity index (χ0n) is 14.5. The maximum absolute atomic E-state index is 12.8. The molecule has 25 heavy (non-hydrogen) atoms. The van der Waals surface area contributed by atoms with Gasteiger partial charge in [-0.15, -0.1) is 0 Å². The Labute approximate surface area is 148 Å². The van der Waals surface area contributed by atoms with Crippen LogP contribution >= 0.6 is 0 Å². The SMILES string of the molecule is Cc1ccc(C(=O)N2CCC(NS(C)(=O)=O)CC2)cc1-n1cccc1. The van der Waals surface area contributed by atoms with E-state index in [1.54, 1.807) is 4.90 Å². The maximum Gasteiger partial charge on any atom is 0.253 e. The highest BCUT2D eigenvalue weighted by Crippen LogP contribution is 2.20. The van der Waals surface area contributed by atoms with Gasteiger partial charge in [-0.3, -0.25) is 4.79 Å². The van der Waals surface area contributed by atoms with Crippen LogP contribution in [0, 0.1) is 6.92 Å². The lowest BCUT2D eigenvalue weighted by Crippen LogP contribution is -2.46. The Balaban J connectivity index is 1.71. The van der Waals surface area contributed by atoms with Gasteiger partial charge in [-0.05, 0) is 49.6 Å². The Morgan fingerprint density at radius 2 is 1.80 bits per heavy atom. The smallest absolute Gasteiger partial charge is 0.253 e. The summed E-state index contributed by atoms with van der Waals surface area (Å²) in [6.07, 6.45) is 6.35. The lowest BCUT2D eigenvalue weighted by molar-refractivity contribution is 0.0711. The molecule has 0 unspecified atom stereocenters. The second-order valence-corrected chi connectivity index (χ2v) is 8.33. The second-order valence-electron chi connectivity index (χ2n) is 6.55. The number of amides is 1. The number of sulfonamides is 1. The topological polar surface area (TPSA) is 71.4 Å². The number of rotatable bonds is 4. The van der Waals surface area contributed by atoms with E-state index >= 15 is 0 Å². The van der Waals surface area contributed by atoms with Crippen LogP contribution in [-0.2, 0) is 10.0 Å². The van der Waals surface area contributed by atoms with Crippen molar-refractivity contribution in [2.24, 2.45) is 0 Å². The molecule has 1 fully saturated rings. The Morgan fingerprint density at radius 1 is 1.16 bits per heavy atom. The average Bonchev–Trinajstić information content (AvgIpc) is 3.08. The highest BCUT2D eigenvalue weighted by Gasteiger charge is 2.25. The molecule has 3 rings (SSSR count). The van der Waals surface area contributed by atoms with Gasteiger partial charge in [0.2, 0.25) is 10.0 Å². The first kappa shape index (κ1) is 17.7. The summed E-state index contributed by atoms with van der Waals surface area (Å²) in [7, 11) is -3.21. The molecule has 1 aromatic carbocycles. The summed E-state index contributed by atoms with van der Waals surface area (Å²) in [5.41, 5.74) is 2.75. The number of nitrogens with one attached hydrogen (secondary N) is 1. The van der Waals surface area contributed by atoms with E-state index in [0.717, 1.165) is 11.3 Å². The van der Waals surface area contributed by atoms with Gasteiger partial charge in [-0.2, -0.15) is 0 Å². The molecule has 6 nitrogen and oxygen atoms in total. The van der Waals surface area contributed by atoms with E-state index in [1.807, 2.05) is 54.2 Å². The molecule has 0 radical (unpaired) electrons. The van der Waals surface area contributed by atoms with Crippen LogP contribution in [0.15, 0.2) is 42.7 Å². The average molecular weight is 361 g/mol. The predicted octanol–water partition coefficient (Wildman–Crippen LogP) is 1.94. The third kappa shape index (κ3) is 4.29. The Bertz CT molecular complexity index is 852. The van der Waals surface area contributed by atoms with E-state index in [-0.39, 0.29) is 11.9 Å². The normalized spacial score (nSPS) is 16.2.